The van der Waals surface area contributed by atoms with Crippen LogP contribution >= 0.6 is 11.3 Å². The summed E-state index contributed by atoms with van der Waals surface area (Å²) in [4.78, 5) is 16.5. The normalized spacial score (nSPS) is 18.1. The first-order valence-electron chi connectivity index (χ1n) is 10.3. The topological polar surface area (TPSA) is 69.7 Å². The number of amides is 1. The second-order valence-electron chi connectivity index (χ2n) is 7.60. The number of carbonyl (C=O) groups is 1. The van der Waals surface area contributed by atoms with E-state index in [1.807, 2.05) is 23.6 Å². The van der Waals surface area contributed by atoms with Gasteiger partial charge in [0.1, 0.15) is 0 Å². The van der Waals surface area contributed by atoms with E-state index in [1.165, 1.54) is 0 Å². The molecular weight excluding hydrogens is 406 g/mol. The van der Waals surface area contributed by atoms with Gasteiger partial charge in [0.05, 0.1) is 17.0 Å². The molecule has 0 saturated carbocycles. The number of piperidine rings is 1. The van der Waals surface area contributed by atoms with Crippen LogP contribution in [-0.2, 0) is 16.6 Å². The Bertz CT molecular complexity index is 946. The molecule has 1 aromatic heterocycles. The minimum atomic E-state index is -3.58. The lowest BCUT2D eigenvalue weighted by atomic mass is 10.1. The number of rotatable bonds is 6. The SMILES string of the molecule is O=C(NCc1cccs1)c1cc(S(=O)(=O)N2CCCCC2)ccc1N1CCCC1. The van der Waals surface area contributed by atoms with Crippen LogP contribution < -0.4 is 10.2 Å². The summed E-state index contributed by atoms with van der Waals surface area (Å²) in [6.45, 7) is 3.33. The summed E-state index contributed by atoms with van der Waals surface area (Å²) in [6.07, 6.45) is 5.02. The van der Waals surface area contributed by atoms with Crippen LogP contribution in [0.25, 0.3) is 0 Å². The van der Waals surface area contributed by atoms with Crippen molar-refractivity contribution in [3.8, 4) is 0 Å². The number of thiophene rings is 1. The van der Waals surface area contributed by atoms with Gasteiger partial charge in [0, 0.05) is 36.7 Å². The summed E-state index contributed by atoms with van der Waals surface area (Å²) >= 11 is 1.59. The zero-order valence-corrected chi connectivity index (χ0v) is 18.1. The third kappa shape index (κ3) is 4.49. The second kappa shape index (κ2) is 8.85. The maximum atomic E-state index is 13.1. The van der Waals surface area contributed by atoms with Gasteiger partial charge in [-0.1, -0.05) is 12.5 Å². The first-order chi connectivity index (χ1) is 14.1. The Hall–Kier alpha value is -1.90. The molecule has 0 radical (unpaired) electrons. The van der Waals surface area contributed by atoms with Crippen molar-refractivity contribution in [1.29, 1.82) is 0 Å². The van der Waals surface area contributed by atoms with Gasteiger partial charge in [0.25, 0.3) is 5.91 Å². The number of hydrogen-bond acceptors (Lipinski definition) is 5. The molecule has 2 saturated heterocycles. The monoisotopic (exact) mass is 433 g/mol. The average Bonchev–Trinajstić information content (AvgIpc) is 3.46. The van der Waals surface area contributed by atoms with Crippen molar-refractivity contribution in [2.45, 2.75) is 43.5 Å². The summed E-state index contributed by atoms with van der Waals surface area (Å²) in [5, 5.41) is 4.93. The fraction of sp³-hybridized carbons (Fsp3) is 0.476. The molecule has 8 heteroatoms. The smallest absolute Gasteiger partial charge is 0.253 e. The summed E-state index contributed by atoms with van der Waals surface area (Å²) in [5.41, 5.74) is 1.27. The largest absolute Gasteiger partial charge is 0.371 e. The minimum absolute atomic E-state index is 0.212. The van der Waals surface area contributed by atoms with Gasteiger partial charge in [-0.2, -0.15) is 4.31 Å². The first kappa shape index (κ1) is 20.4. The van der Waals surface area contributed by atoms with Gasteiger partial charge < -0.3 is 10.2 Å². The Morgan fingerprint density at radius 1 is 1.00 bits per heavy atom. The number of hydrogen-bond donors (Lipinski definition) is 1. The van der Waals surface area contributed by atoms with E-state index in [9.17, 15) is 13.2 Å². The molecule has 4 rings (SSSR count). The zero-order valence-electron chi connectivity index (χ0n) is 16.5. The number of benzene rings is 1. The zero-order chi connectivity index (χ0) is 20.3. The Balaban J connectivity index is 1.64. The van der Waals surface area contributed by atoms with Gasteiger partial charge in [-0.3, -0.25) is 4.79 Å². The summed E-state index contributed by atoms with van der Waals surface area (Å²) in [6, 6.07) is 8.97. The van der Waals surface area contributed by atoms with Gasteiger partial charge in [0.15, 0.2) is 0 Å². The quantitative estimate of drug-likeness (QED) is 0.758. The van der Waals surface area contributed by atoms with Crippen molar-refractivity contribution >= 4 is 33.0 Å². The van der Waals surface area contributed by atoms with Crippen LogP contribution in [0.15, 0.2) is 40.6 Å². The van der Waals surface area contributed by atoms with Crippen LogP contribution in [0.1, 0.15) is 47.3 Å². The molecule has 0 spiro atoms. The van der Waals surface area contributed by atoms with Crippen LogP contribution in [0.3, 0.4) is 0 Å². The van der Waals surface area contributed by atoms with E-state index in [-0.39, 0.29) is 10.8 Å². The van der Waals surface area contributed by atoms with E-state index in [0.29, 0.717) is 25.2 Å². The standard InChI is InChI=1S/C21H27N3O3S2/c25-21(22-16-17-7-6-14-28-17)19-15-18(8-9-20(19)23-10-4-5-11-23)29(26,27)24-12-2-1-3-13-24/h6-9,14-15H,1-5,10-13,16H2,(H,22,25). The van der Waals surface area contributed by atoms with Crippen molar-refractivity contribution in [2.75, 3.05) is 31.1 Å². The molecule has 0 unspecified atom stereocenters. The molecule has 1 aromatic carbocycles. The Morgan fingerprint density at radius 2 is 1.72 bits per heavy atom. The van der Waals surface area contributed by atoms with Crippen LogP contribution in [-0.4, -0.2) is 44.8 Å². The van der Waals surface area contributed by atoms with Crippen molar-refractivity contribution in [1.82, 2.24) is 9.62 Å². The van der Waals surface area contributed by atoms with Crippen LogP contribution in [0.5, 0.6) is 0 Å². The summed E-state index contributed by atoms with van der Waals surface area (Å²) < 4.78 is 27.8. The van der Waals surface area contributed by atoms with Gasteiger partial charge >= 0.3 is 0 Å². The summed E-state index contributed by atoms with van der Waals surface area (Å²) in [7, 11) is -3.58. The fourth-order valence-electron chi connectivity index (χ4n) is 4.02. The number of carbonyl (C=O) groups excluding carboxylic acids is 1. The molecule has 29 heavy (non-hydrogen) atoms. The number of nitrogens with zero attached hydrogens (tertiary/aromatic N) is 2. The second-order valence-corrected chi connectivity index (χ2v) is 10.6. The maximum absolute atomic E-state index is 13.1. The van der Waals surface area contributed by atoms with Gasteiger partial charge in [0.2, 0.25) is 10.0 Å². The maximum Gasteiger partial charge on any atom is 0.253 e. The molecule has 3 heterocycles. The van der Waals surface area contributed by atoms with Crippen LogP contribution in [0.4, 0.5) is 5.69 Å². The van der Waals surface area contributed by atoms with E-state index >= 15 is 0 Å². The number of nitrogens with one attached hydrogen (secondary N) is 1. The average molecular weight is 434 g/mol. The number of sulfonamides is 1. The van der Waals surface area contributed by atoms with E-state index in [2.05, 4.69) is 10.2 Å². The lowest BCUT2D eigenvalue weighted by Gasteiger charge is -2.27. The third-order valence-corrected chi connectivity index (χ3v) is 8.39. The third-order valence-electron chi connectivity index (χ3n) is 5.62. The van der Waals surface area contributed by atoms with Crippen molar-refractivity contribution < 1.29 is 13.2 Å². The lowest BCUT2D eigenvalue weighted by molar-refractivity contribution is 0.0951. The minimum Gasteiger partial charge on any atom is -0.371 e. The Labute approximate surface area is 176 Å². The molecule has 156 valence electrons. The molecule has 2 fully saturated rings. The highest BCUT2D eigenvalue weighted by Gasteiger charge is 2.28. The van der Waals surface area contributed by atoms with E-state index in [4.69, 9.17) is 0 Å². The molecule has 1 amide bonds. The highest BCUT2D eigenvalue weighted by molar-refractivity contribution is 7.89. The van der Waals surface area contributed by atoms with Gasteiger partial charge in [-0.15, -0.1) is 11.3 Å². The Morgan fingerprint density at radius 3 is 2.41 bits per heavy atom. The first-order valence-corrected chi connectivity index (χ1v) is 12.6. The molecule has 1 N–H and O–H groups in total. The van der Waals surface area contributed by atoms with Crippen molar-refractivity contribution in [3.05, 3.63) is 46.2 Å². The molecule has 0 bridgehead atoms. The molecule has 0 aliphatic carbocycles. The fourth-order valence-corrected chi connectivity index (χ4v) is 6.21. The molecule has 2 aliphatic heterocycles. The highest BCUT2D eigenvalue weighted by atomic mass is 32.2. The van der Waals surface area contributed by atoms with E-state index < -0.39 is 10.0 Å². The molecule has 0 atom stereocenters. The van der Waals surface area contributed by atoms with Crippen LogP contribution in [0, 0.1) is 0 Å². The molecule has 2 aliphatic rings. The number of anilines is 1. The highest BCUT2D eigenvalue weighted by Crippen LogP contribution is 2.29. The predicted octanol–water partition coefficient (Wildman–Crippen LogP) is 3.45. The molecule has 6 nitrogen and oxygen atoms in total. The van der Waals surface area contributed by atoms with Crippen molar-refractivity contribution in [2.24, 2.45) is 0 Å². The van der Waals surface area contributed by atoms with E-state index in [0.717, 1.165) is 55.8 Å². The lowest BCUT2D eigenvalue weighted by Crippen LogP contribution is -2.36. The molecular formula is C21H27N3O3S2. The summed E-state index contributed by atoms with van der Waals surface area (Å²) in [5.74, 6) is -0.226. The van der Waals surface area contributed by atoms with Crippen LogP contribution in [0.2, 0.25) is 0 Å². The van der Waals surface area contributed by atoms with Gasteiger partial charge in [-0.05, 0) is 55.3 Å². The van der Waals surface area contributed by atoms with Crippen molar-refractivity contribution in [3.63, 3.8) is 0 Å². The van der Waals surface area contributed by atoms with E-state index in [1.54, 1.807) is 27.8 Å². The molecule has 2 aromatic rings. The Kier molecular flexibility index (Phi) is 6.22. The predicted molar refractivity (Wildman–Crippen MR) is 116 cm³/mol. The van der Waals surface area contributed by atoms with Gasteiger partial charge in [-0.25, -0.2) is 8.42 Å².